The van der Waals surface area contributed by atoms with Crippen LogP contribution >= 0.6 is 0 Å². The van der Waals surface area contributed by atoms with Gasteiger partial charge in [-0.15, -0.1) is 0 Å². The second-order valence-electron chi connectivity index (χ2n) is 5.12. The second kappa shape index (κ2) is 13.6. The summed E-state index contributed by atoms with van der Waals surface area (Å²) < 4.78 is 9.16. The summed E-state index contributed by atoms with van der Waals surface area (Å²) in [6.45, 7) is 4.70. The summed E-state index contributed by atoms with van der Waals surface area (Å²) in [5, 5.41) is 0. The lowest BCUT2D eigenvalue weighted by molar-refractivity contribution is -0.141. The maximum Gasteiger partial charge on any atom is 0.305 e. The molecule has 0 radical (unpaired) electrons. The van der Waals surface area contributed by atoms with Crippen LogP contribution in [-0.2, 0) is 23.9 Å². The third-order valence-corrected chi connectivity index (χ3v) is 3.00. The Kier molecular flexibility index (Phi) is 12.7. The zero-order chi connectivity index (χ0) is 15.9. The molecular formula is C16H28O5. The minimum atomic E-state index is -0.182. The summed E-state index contributed by atoms with van der Waals surface area (Å²) in [5.41, 5.74) is 0. The van der Waals surface area contributed by atoms with E-state index in [4.69, 9.17) is 0 Å². The number of hydrogen-bond donors (Lipinski definition) is 0. The Labute approximate surface area is 127 Å². The van der Waals surface area contributed by atoms with Gasteiger partial charge in [0.2, 0.25) is 0 Å². The normalized spacial score (nSPS) is 16.9. The molecule has 0 aromatic heterocycles. The maximum atomic E-state index is 10.5. The first-order valence-electron chi connectivity index (χ1n) is 7.87. The van der Waals surface area contributed by atoms with Crippen LogP contribution in [0.15, 0.2) is 0 Å². The fourth-order valence-corrected chi connectivity index (χ4v) is 1.78. The average Bonchev–Trinajstić information content (AvgIpc) is 2.92. The molecule has 1 saturated carbocycles. The number of hydrogen-bond acceptors (Lipinski definition) is 5. The molecule has 0 aromatic carbocycles. The fourth-order valence-electron chi connectivity index (χ4n) is 1.78. The third-order valence-electron chi connectivity index (χ3n) is 3.00. The number of ketones is 1. The molecule has 0 unspecified atom stereocenters. The van der Waals surface area contributed by atoms with Crippen molar-refractivity contribution in [1.29, 1.82) is 0 Å². The molecule has 21 heavy (non-hydrogen) atoms. The van der Waals surface area contributed by atoms with Crippen molar-refractivity contribution in [3.63, 3.8) is 0 Å². The molecule has 5 nitrogen and oxygen atoms in total. The molecule has 2 aliphatic rings. The standard InChI is InChI=1S/C6H12O2.C6H10O.C4H6O2/c1-3-4-5-8-6(2)7;7-6-4-2-1-3-5-6;5-4-2-1-3-6-4/h3-5H2,1-2H3;1-5H2;1-3H2. The Morgan fingerprint density at radius 1 is 1.10 bits per heavy atom. The van der Waals surface area contributed by atoms with E-state index in [9.17, 15) is 14.4 Å². The van der Waals surface area contributed by atoms with Crippen LogP contribution in [0.1, 0.15) is 71.6 Å². The van der Waals surface area contributed by atoms with E-state index in [0.29, 0.717) is 25.4 Å². The summed E-state index contributed by atoms with van der Waals surface area (Å²) in [4.78, 5) is 30.6. The van der Waals surface area contributed by atoms with Crippen molar-refractivity contribution < 1.29 is 23.9 Å². The predicted octanol–water partition coefficient (Wildman–Crippen LogP) is 3.19. The molecule has 0 N–H and O–H groups in total. The van der Waals surface area contributed by atoms with Crippen LogP contribution in [0, 0.1) is 0 Å². The number of rotatable bonds is 3. The summed E-state index contributed by atoms with van der Waals surface area (Å²) in [5.74, 6) is 0.236. The molecule has 1 aliphatic heterocycles. The van der Waals surface area contributed by atoms with Gasteiger partial charge in [0.25, 0.3) is 0 Å². The Hall–Kier alpha value is -1.39. The van der Waals surface area contributed by atoms with Crippen LogP contribution in [0.5, 0.6) is 0 Å². The molecule has 0 amide bonds. The molecule has 0 spiro atoms. The van der Waals surface area contributed by atoms with Gasteiger partial charge in [-0.1, -0.05) is 19.8 Å². The summed E-state index contributed by atoms with van der Waals surface area (Å²) in [7, 11) is 0. The maximum absolute atomic E-state index is 10.5. The number of esters is 2. The van der Waals surface area contributed by atoms with Crippen molar-refractivity contribution in [1.82, 2.24) is 0 Å². The highest BCUT2D eigenvalue weighted by molar-refractivity contribution is 5.78. The number of carbonyl (C=O) groups excluding carboxylic acids is 3. The van der Waals surface area contributed by atoms with Gasteiger partial charge in [-0.3, -0.25) is 14.4 Å². The topological polar surface area (TPSA) is 69.7 Å². The third kappa shape index (κ3) is 14.8. The molecule has 0 bridgehead atoms. The lowest BCUT2D eigenvalue weighted by Gasteiger charge is -2.05. The van der Waals surface area contributed by atoms with E-state index in [1.807, 2.05) is 0 Å². The first-order chi connectivity index (χ1) is 10.1. The zero-order valence-corrected chi connectivity index (χ0v) is 13.3. The Morgan fingerprint density at radius 2 is 1.76 bits per heavy atom. The molecule has 1 aliphatic carbocycles. The van der Waals surface area contributed by atoms with Crippen LogP contribution in [0.2, 0.25) is 0 Å². The predicted molar refractivity (Wildman–Crippen MR) is 79.8 cm³/mol. The van der Waals surface area contributed by atoms with Gasteiger partial charge in [0.15, 0.2) is 0 Å². The van der Waals surface area contributed by atoms with Crippen molar-refractivity contribution in [3.8, 4) is 0 Å². The van der Waals surface area contributed by atoms with Gasteiger partial charge in [0.1, 0.15) is 5.78 Å². The minimum absolute atomic E-state index is 0.0463. The van der Waals surface area contributed by atoms with E-state index in [1.54, 1.807) is 0 Å². The van der Waals surface area contributed by atoms with E-state index in [2.05, 4.69) is 16.4 Å². The summed E-state index contributed by atoms with van der Waals surface area (Å²) >= 11 is 0. The number of cyclic esters (lactones) is 1. The summed E-state index contributed by atoms with van der Waals surface area (Å²) in [6, 6.07) is 0. The SMILES string of the molecule is CCCCOC(C)=O.O=C1CCCCC1.O=C1CCCO1. The number of unbranched alkanes of at least 4 members (excludes halogenated alkanes) is 1. The summed E-state index contributed by atoms with van der Waals surface area (Å²) in [6.07, 6.45) is 8.83. The molecular weight excluding hydrogens is 272 g/mol. The smallest absolute Gasteiger partial charge is 0.305 e. The lowest BCUT2D eigenvalue weighted by Crippen LogP contribution is -2.02. The van der Waals surface area contributed by atoms with E-state index in [-0.39, 0.29) is 11.9 Å². The minimum Gasteiger partial charge on any atom is -0.466 e. The molecule has 2 rings (SSSR count). The van der Waals surface area contributed by atoms with Gasteiger partial charge in [-0.25, -0.2) is 0 Å². The van der Waals surface area contributed by atoms with Gasteiger partial charge < -0.3 is 9.47 Å². The molecule has 1 heterocycles. The van der Waals surface area contributed by atoms with Crippen LogP contribution in [0.25, 0.3) is 0 Å². The quantitative estimate of drug-likeness (QED) is 0.591. The van der Waals surface area contributed by atoms with Crippen molar-refractivity contribution in [2.75, 3.05) is 13.2 Å². The second-order valence-corrected chi connectivity index (χ2v) is 5.12. The van der Waals surface area contributed by atoms with Crippen molar-refractivity contribution >= 4 is 17.7 Å². The number of ether oxygens (including phenoxy) is 2. The van der Waals surface area contributed by atoms with Crippen molar-refractivity contribution in [3.05, 3.63) is 0 Å². The van der Waals surface area contributed by atoms with Gasteiger partial charge in [0.05, 0.1) is 13.2 Å². The van der Waals surface area contributed by atoms with Gasteiger partial charge in [0, 0.05) is 26.2 Å². The number of carbonyl (C=O) groups is 3. The largest absolute Gasteiger partial charge is 0.466 e. The van der Waals surface area contributed by atoms with E-state index in [0.717, 1.165) is 44.9 Å². The molecule has 1 saturated heterocycles. The monoisotopic (exact) mass is 300 g/mol. The Bertz CT molecular complexity index is 296. The molecule has 0 atom stereocenters. The first kappa shape index (κ1) is 19.6. The van der Waals surface area contributed by atoms with E-state index in [1.165, 1.54) is 13.3 Å². The lowest BCUT2D eigenvalue weighted by atomic mass is 10.00. The zero-order valence-electron chi connectivity index (χ0n) is 13.3. The van der Waals surface area contributed by atoms with Gasteiger partial charge >= 0.3 is 11.9 Å². The van der Waals surface area contributed by atoms with Gasteiger partial charge in [-0.2, -0.15) is 0 Å². The number of Topliss-reactive ketones (excluding diaryl/α,β-unsaturated/α-hetero) is 1. The highest BCUT2D eigenvalue weighted by Gasteiger charge is 2.08. The highest BCUT2D eigenvalue weighted by atomic mass is 16.5. The molecule has 0 aromatic rings. The highest BCUT2D eigenvalue weighted by Crippen LogP contribution is 2.12. The van der Waals surface area contributed by atoms with Crippen LogP contribution in [0.3, 0.4) is 0 Å². The fraction of sp³-hybridized carbons (Fsp3) is 0.812. The van der Waals surface area contributed by atoms with Crippen molar-refractivity contribution in [2.45, 2.75) is 71.6 Å². The van der Waals surface area contributed by atoms with Crippen molar-refractivity contribution in [2.24, 2.45) is 0 Å². The van der Waals surface area contributed by atoms with E-state index < -0.39 is 0 Å². The van der Waals surface area contributed by atoms with E-state index >= 15 is 0 Å². The molecule has 2 fully saturated rings. The Morgan fingerprint density at radius 3 is 2.05 bits per heavy atom. The van der Waals surface area contributed by atoms with Crippen LogP contribution in [-0.4, -0.2) is 30.9 Å². The van der Waals surface area contributed by atoms with Crippen LogP contribution in [0.4, 0.5) is 0 Å². The Balaban J connectivity index is 0.000000288. The first-order valence-corrected chi connectivity index (χ1v) is 7.87. The van der Waals surface area contributed by atoms with Gasteiger partial charge in [-0.05, 0) is 25.7 Å². The average molecular weight is 300 g/mol. The molecule has 122 valence electrons. The van der Waals surface area contributed by atoms with Crippen LogP contribution < -0.4 is 0 Å². The molecule has 5 heteroatoms.